The molecule has 1 aromatic carbocycles. The first kappa shape index (κ1) is 25.9. The van der Waals surface area contributed by atoms with E-state index in [9.17, 15) is 9.59 Å². The third-order valence-corrected chi connectivity index (χ3v) is 7.10. The molecule has 0 radical (unpaired) electrons. The van der Waals surface area contributed by atoms with Crippen LogP contribution in [0.2, 0.25) is 5.15 Å². The molecule has 0 saturated carbocycles. The first-order valence-corrected chi connectivity index (χ1v) is 13.6. The van der Waals surface area contributed by atoms with Crippen LogP contribution in [0.15, 0.2) is 35.3 Å². The third kappa shape index (κ3) is 4.79. The SMILES string of the molecule is CSNC(=O)c1nc(Cl)ccc1NC(C)c1cc(C)cc2c(=O)n(C)c(N3Cc4cnc(C)nc4C3)nc12. The van der Waals surface area contributed by atoms with Gasteiger partial charge in [0.1, 0.15) is 11.0 Å². The normalized spacial score (nSPS) is 13.5. The number of amides is 1. The van der Waals surface area contributed by atoms with Crippen molar-refractivity contribution in [1.82, 2.24) is 29.2 Å². The fourth-order valence-electron chi connectivity index (χ4n) is 4.73. The molecule has 1 aliphatic heterocycles. The van der Waals surface area contributed by atoms with Crippen LogP contribution in [0.4, 0.5) is 11.6 Å². The second-order valence-electron chi connectivity index (χ2n) is 9.30. The van der Waals surface area contributed by atoms with Crippen molar-refractivity contribution in [2.75, 3.05) is 16.5 Å². The molecule has 5 rings (SSSR count). The number of rotatable bonds is 6. The number of halogens is 1. The van der Waals surface area contributed by atoms with E-state index >= 15 is 0 Å². The van der Waals surface area contributed by atoms with Crippen molar-refractivity contribution in [2.24, 2.45) is 7.05 Å². The molecule has 0 spiro atoms. The van der Waals surface area contributed by atoms with Gasteiger partial charge in [-0.2, -0.15) is 0 Å². The number of fused-ring (bicyclic) bond motifs is 2. The summed E-state index contributed by atoms with van der Waals surface area (Å²) >= 11 is 7.26. The van der Waals surface area contributed by atoms with E-state index in [4.69, 9.17) is 16.6 Å². The summed E-state index contributed by atoms with van der Waals surface area (Å²) in [5, 5.41) is 4.13. The maximum absolute atomic E-state index is 13.5. The zero-order chi connectivity index (χ0) is 27.1. The van der Waals surface area contributed by atoms with Crippen molar-refractivity contribution >= 4 is 52.0 Å². The number of benzene rings is 1. The van der Waals surface area contributed by atoms with Crippen molar-refractivity contribution in [3.63, 3.8) is 0 Å². The summed E-state index contributed by atoms with van der Waals surface area (Å²) in [6.45, 7) is 6.89. The lowest BCUT2D eigenvalue weighted by Gasteiger charge is -2.23. The maximum atomic E-state index is 13.5. The molecule has 0 fully saturated rings. The van der Waals surface area contributed by atoms with Gasteiger partial charge in [-0.25, -0.2) is 19.9 Å². The first-order chi connectivity index (χ1) is 18.2. The Balaban J connectivity index is 1.57. The number of nitrogens with zero attached hydrogens (tertiary/aromatic N) is 6. The maximum Gasteiger partial charge on any atom is 0.281 e. The molecule has 38 heavy (non-hydrogen) atoms. The average Bonchev–Trinajstić information content (AvgIpc) is 3.30. The molecule has 1 amide bonds. The standard InChI is InChI=1S/C26H27ClN8O2S/c1-13-8-17(14(2)29-19-6-7-21(27)31-23(19)24(36)33-38-5)22-18(9-13)25(37)34(4)26(32-22)35-11-16-10-28-15(3)30-20(16)12-35/h6-10,14,29H,11-12H2,1-5H3,(H,33,36). The number of aryl methyl sites for hydroxylation is 2. The van der Waals surface area contributed by atoms with E-state index < -0.39 is 0 Å². The lowest BCUT2D eigenvalue weighted by Crippen LogP contribution is -2.28. The summed E-state index contributed by atoms with van der Waals surface area (Å²) in [7, 11) is 1.74. The molecule has 1 atom stereocenters. The predicted molar refractivity (Wildman–Crippen MR) is 151 cm³/mol. The Bertz CT molecular complexity index is 1640. The molecule has 0 aliphatic carbocycles. The molecule has 0 saturated heterocycles. The van der Waals surface area contributed by atoms with E-state index in [1.807, 2.05) is 44.0 Å². The summed E-state index contributed by atoms with van der Waals surface area (Å²) in [4.78, 5) is 46.3. The summed E-state index contributed by atoms with van der Waals surface area (Å²) in [5.74, 6) is 0.916. The largest absolute Gasteiger partial charge is 0.377 e. The summed E-state index contributed by atoms with van der Waals surface area (Å²) < 4.78 is 4.28. The van der Waals surface area contributed by atoms with Gasteiger partial charge >= 0.3 is 0 Å². The molecular formula is C26H27ClN8O2S. The second-order valence-corrected chi connectivity index (χ2v) is 10.3. The number of anilines is 2. The van der Waals surface area contributed by atoms with Crippen LogP contribution in [0.5, 0.6) is 0 Å². The van der Waals surface area contributed by atoms with Crippen molar-refractivity contribution in [3.05, 3.63) is 79.9 Å². The lowest BCUT2D eigenvalue weighted by molar-refractivity contribution is 0.0980. The fraction of sp³-hybridized carbons (Fsp3) is 0.308. The van der Waals surface area contributed by atoms with Gasteiger partial charge in [-0.1, -0.05) is 29.6 Å². The first-order valence-electron chi connectivity index (χ1n) is 12.0. The number of hydrogen-bond donors (Lipinski definition) is 2. The van der Waals surface area contributed by atoms with Crippen LogP contribution in [-0.2, 0) is 20.1 Å². The van der Waals surface area contributed by atoms with Gasteiger partial charge in [0.25, 0.3) is 11.5 Å². The van der Waals surface area contributed by atoms with E-state index in [-0.39, 0.29) is 28.4 Å². The van der Waals surface area contributed by atoms with Crippen molar-refractivity contribution in [2.45, 2.75) is 39.9 Å². The van der Waals surface area contributed by atoms with E-state index in [0.717, 1.165) is 22.4 Å². The highest BCUT2D eigenvalue weighted by Crippen LogP contribution is 2.31. The molecule has 4 aromatic rings. The minimum Gasteiger partial charge on any atom is -0.377 e. The van der Waals surface area contributed by atoms with Crippen LogP contribution >= 0.6 is 23.5 Å². The zero-order valence-corrected chi connectivity index (χ0v) is 23.2. The van der Waals surface area contributed by atoms with E-state index in [1.54, 1.807) is 30.0 Å². The van der Waals surface area contributed by atoms with Gasteiger partial charge in [0.15, 0.2) is 5.69 Å². The Kier molecular flexibility index (Phi) is 6.97. The Morgan fingerprint density at radius 3 is 2.71 bits per heavy atom. The molecule has 1 aliphatic rings. The van der Waals surface area contributed by atoms with Gasteiger partial charge in [0.05, 0.1) is 34.9 Å². The molecule has 2 N–H and O–H groups in total. The average molecular weight is 551 g/mol. The highest BCUT2D eigenvalue weighted by molar-refractivity contribution is 7.97. The molecular weight excluding hydrogens is 524 g/mol. The summed E-state index contributed by atoms with van der Waals surface area (Å²) in [5.41, 5.74) is 4.91. The van der Waals surface area contributed by atoms with Gasteiger partial charge in [-0.3, -0.25) is 18.9 Å². The van der Waals surface area contributed by atoms with Gasteiger partial charge in [-0.15, -0.1) is 0 Å². The molecule has 10 nitrogen and oxygen atoms in total. The topological polar surface area (TPSA) is 118 Å². The minimum absolute atomic E-state index is 0.131. The number of carbonyl (C=O) groups is 1. The smallest absolute Gasteiger partial charge is 0.281 e. The van der Waals surface area contributed by atoms with Crippen molar-refractivity contribution in [1.29, 1.82) is 0 Å². The predicted octanol–water partition coefficient (Wildman–Crippen LogP) is 4.09. The number of hydrogen-bond acceptors (Lipinski definition) is 9. The van der Waals surface area contributed by atoms with Gasteiger partial charge in [0, 0.05) is 37.2 Å². The molecule has 0 bridgehead atoms. The lowest BCUT2D eigenvalue weighted by atomic mass is 10.0. The Morgan fingerprint density at radius 1 is 1.16 bits per heavy atom. The Hall–Kier alpha value is -3.70. The summed E-state index contributed by atoms with van der Waals surface area (Å²) in [6, 6.07) is 6.91. The van der Waals surface area contributed by atoms with E-state index in [2.05, 4.69) is 25.0 Å². The highest BCUT2D eigenvalue weighted by atomic mass is 35.5. The number of nitrogens with one attached hydrogen (secondary N) is 2. The molecule has 4 heterocycles. The third-order valence-electron chi connectivity index (χ3n) is 6.50. The van der Waals surface area contributed by atoms with E-state index in [0.29, 0.717) is 41.5 Å². The van der Waals surface area contributed by atoms with Gasteiger partial charge in [0.2, 0.25) is 5.95 Å². The quantitative estimate of drug-likeness (QED) is 0.270. The number of aromatic nitrogens is 5. The minimum atomic E-state index is -0.356. The van der Waals surface area contributed by atoms with Crippen LogP contribution in [0.25, 0.3) is 10.9 Å². The van der Waals surface area contributed by atoms with Crippen LogP contribution < -0.4 is 20.5 Å². The molecule has 1 unspecified atom stereocenters. The second kappa shape index (κ2) is 10.2. The van der Waals surface area contributed by atoms with Gasteiger partial charge in [-0.05, 0) is 44.5 Å². The highest BCUT2D eigenvalue weighted by Gasteiger charge is 2.26. The fourth-order valence-corrected chi connectivity index (χ4v) is 5.16. The van der Waals surface area contributed by atoms with Crippen LogP contribution in [-0.4, -0.2) is 36.7 Å². The van der Waals surface area contributed by atoms with Crippen LogP contribution in [0.1, 0.15) is 51.7 Å². The zero-order valence-electron chi connectivity index (χ0n) is 21.7. The molecule has 196 valence electrons. The van der Waals surface area contributed by atoms with Crippen LogP contribution in [0.3, 0.4) is 0 Å². The Labute approximate surface area is 229 Å². The molecule has 3 aromatic heterocycles. The Morgan fingerprint density at radius 2 is 1.95 bits per heavy atom. The van der Waals surface area contributed by atoms with Gasteiger partial charge < -0.3 is 10.2 Å². The molecule has 12 heteroatoms. The monoisotopic (exact) mass is 550 g/mol. The van der Waals surface area contributed by atoms with E-state index in [1.165, 1.54) is 11.9 Å². The summed E-state index contributed by atoms with van der Waals surface area (Å²) in [6.07, 6.45) is 3.59. The van der Waals surface area contributed by atoms with Crippen LogP contribution in [0, 0.1) is 13.8 Å². The van der Waals surface area contributed by atoms with Crippen molar-refractivity contribution < 1.29 is 4.79 Å². The number of pyridine rings is 1. The number of carbonyl (C=O) groups excluding carboxylic acids is 1. The van der Waals surface area contributed by atoms with Crippen molar-refractivity contribution in [3.8, 4) is 0 Å².